The molecule has 1 aromatic carbocycles. The molecule has 0 fully saturated rings. The lowest BCUT2D eigenvalue weighted by molar-refractivity contribution is 0.102. The van der Waals surface area contributed by atoms with Gasteiger partial charge in [0.25, 0.3) is 5.91 Å². The topological polar surface area (TPSA) is 72.7 Å². The van der Waals surface area contributed by atoms with Crippen LogP contribution in [0, 0.1) is 13.8 Å². The quantitative estimate of drug-likeness (QED) is 0.890. The first-order valence-electron chi connectivity index (χ1n) is 5.76. The molecule has 1 N–H and O–H groups in total. The fraction of sp³-hybridized carbons (Fsp3) is 0.333. The summed E-state index contributed by atoms with van der Waals surface area (Å²) in [5.41, 5.74) is 2.84. The third-order valence-electron chi connectivity index (χ3n) is 2.83. The number of rotatable bonds is 3. The zero-order chi connectivity index (χ0) is 13.1. The van der Waals surface area contributed by atoms with Gasteiger partial charge in [0.15, 0.2) is 0 Å². The van der Waals surface area contributed by atoms with Crippen LogP contribution in [0.5, 0.6) is 0 Å². The first-order chi connectivity index (χ1) is 8.61. The number of amides is 1. The molecular formula is C12H15N5O. The average Bonchev–Trinajstić information content (AvgIpc) is 2.79. The van der Waals surface area contributed by atoms with Crippen LogP contribution < -0.4 is 5.32 Å². The molecule has 0 radical (unpaired) electrons. The Labute approximate surface area is 105 Å². The Balaban J connectivity index is 2.19. The largest absolute Gasteiger partial charge is 0.289 e. The van der Waals surface area contributed by atoms with E-state index in [0.29, 0.717) is 18.1 Å². The molecule has 0 unspecified atom stereocenters. The van der Waals surface area contributed by atoms with E-state index < -0.39 is 0 Å². The maximum Gasteiger partial charge on any atom is 0.258 e. The molecule has 0 aliphatic rings. The molecule has 0 aliphatic heterocycles. The fourth-order valence-electron chi connectivity index (χ4n) is 1.56. The summed E-state index contributed by atoms with van der Waals surface area (Å²) in [7, 11) is 0. The Kier molecular flexibility index (Phi) is 3.36. The number of anilines is 1. The van der Waals surface area contributed by atoms with Crippen LogP contribution in [0.2, 0.25) is 0 Å². The first-order valence-corrected chi connectivity index (χ1v) is 5.76. The summed E-state index contributed by atoms with van der Waals surface area (Å²) in [6.45, 7) is 6.49. The van der Waals surface area contributed by atoms with E-state index in [9.17, 15) is 4.79 Å². The molecule has 1 aromatic heterocycles. The molecule has 0 atom stereocenters. The van der Waals surface area contributed by atoms with Gasteiger partial charge in [0.1, 0.15) is 0 Å². The van der Waals surface area contributed by atoms with Gasteiger partial charge in [-0.25, -0.2) is 4.68 Å². The SMILES string of the molecule is CCn1nnnc1NC(=O)c1ccc(C)c(C)c1. The predicted octanol–water partition coefficient (Wildman–Crippen LogP) is 1.56. The number of hydrogen-bond acceptors (Lipinski definition) is 4. The highest BCUT2D eigenvalue weighted by Gasteiger charge is 2.11. The normalized spacial score (nSPS) is 10.4. The van der Waals surface area contributed by atoms with Gasteiger partial charge in [0, 0.05) is 12.1 Å². The van der Waals surface area contributed by atoms with Crippen molar-refractivity contribution >= 4 is 11.9 Å². The van der Waals surface area contributed by atoms with Gasteiger partial charge in [-0.15, -0.1) is 0 Å². The lowest BCUT2D eigenvalue weighted by Gasteiger charge is -2.06. The molecule has 2 rings (SSSR count). The fourth-order valence-corrected chi connectivity index (χ4v) is 1.56. The van der Waals surface area contributed by atoms with Gasteiger partial charge in [-0.1, -0.05) is 11.2 Å². The molecule has 18 heavy (non-hydrogen) atoms. The molecule has 94 valence electrons. The lowest BCUT2D eigenvalue weighted by atomic mass is 10.1. The van der Waals surface area contributed by atoms with Crippen molar-refractivity contribution in [2.75, 3.05) is 5.32 Å². The van der Waals surface area contributed by atoms with Crippen molar-refractivity contribution in [3.8, 4) is 0 Å². The zero-order valence-electron chi connectivity index (χ0n) is 10.6. The van der Waals surface area contributed by atoms with E-state index in [1.54, 1.807) is 6.07 Å². The minimum absolute atomic E-state index is 0.206. The van der Waals surface area contributed by atoms with Gasteiger partial charge < -0.3 is 0 Å². The summed E-state index contributed by atoms with van der Waals surface area (Å²) in [5, 5.41) is 13.7. The zero-order valence-corrected chi connectivity index (χ0v) is 10.6. The smallest absolute Gasteiger partial charge is 0.258 e. The molecule has 1 heterocycles. The Morgan fingerprint density at radius 1 is 1.33 bits per heavy atom. The van der Waals surface area contributed by atoms with Crippen LogP contribution in [0.4, 0.5) is 5.95 Å². The number of carbonyl (C=O) groups is 1. The number of nitrogens with zero attached hydrogens (tertiary/aromatic N) is 4. The van der Waals surface area contributed by atoms with E-state index in [4.69, 9.17) is 0 Å². The van der Waals surface area contributed by atoms with E-state index in [0.717, 1.165) is 11.1 Å². The maximum absolute atomic E-state index is 12.0. The van der Waals surface area contributed by atoms with Crippen LogP contribution in [0.1, 0.15) is 28.4 Å². The van der Waals surface area contributed by atoms with Gasteiger partial charge in [-0.3, -0.25) is 10.1 Å². The molecule has 0 saturated heterocycles. The number of hydrogen-bond donors (Lipinski definition) is 1. The van der Waals surface area contributed by atoms with E-state index >= 15 is 0 Å². The Morgan fingerprint density at radius 2 is 2.11 bits per heavy atom. The van der Waals surface area contributed by atoms with Crippen molar-refractivity contribution in [2.45, 2.75) is 27.3 Å². The minimum Gasteiger partial charge on any atom is -0.289 e. The highest BCUT2D eigenvalue weighted by atomic mass is 16.1. The van der Waals surface area contributed by atoms with Crippen molar-refractivity contribution in [1.82, 2.24) is 20.2 Å². The van der Waals surface area contributed by atoms with Crippen molar-refractivity contribution < 1.29 is 4.79 Å². The van der Waals surface area contributed by atoms with Gasteiger partial charge in [-0.05, 0) is 54.5 Å². The molecule has 0 aliphatic carbocycles. The van der Waals surface area contributed by atoms with Crippen molar-refractivity contribution in [3.63, 3.8) is 0 Å². The third kappa shape index (κ3) is 2.37. The summed E-state index contributed by atoms with van der Waals surface area (Å²) in [6, 6.07) is 5.57. The third-order valence-corrected chi connectivity index (χ3v) is 2.83. The second-order valence-electron chi connectivity index (χ2n) is 4.07. The van der Waals surface area contributed by atoms with E-state index in [1.807, 2.05) is 32.9 Å². The van der Waals surface area contributed by atoms with Gasteiger partial charge >= 0.3 is 0 Å². The summed E-state index contributed by atoms with van der Waals surface area (Å²) < 4.78 is 1.53. The van der Waals surface area contributed by atoms with Crippen LogP contribution in [0.3, 0.4) is 0 Å². The van der Waals surface area contributed by atoms with Crippen molar-refractivity contribution in [2.24, 2.45) is 0 Å². The van der Waals surface area contributed by atoms with Crippen LogP contribution >= 0.6 is 0 Å². The molecule has 0 spiro atoms. The highest BCUT2D eigenvalue weighted by molar-refractivity contribution is 6.03. The number of carbonyl (C=O) groups excluding carboxylic acids is 1. The Hall–Kier alpha value is -2.24. The number of nitrogens with one attached hydrogen (secondary N) is 1. The number of tetrazole rings is 1. The van der Waals surface area contributed by atoms with Gasteiger partial charge in [0.05, 0.1) is 0 Å². The Morgan fingerprint density at radius 3 is 2.78 bits per heavy atom. The molecule has 0 bridgehead atoms. The summed E-state index contributed by atoms with van der Waals surface area (Å²) in [5.74, 6) is 0.156. The molecule has 6 heteroatoms. The van der Waals surface area contributed by atoms with Crippen LogP contribution in [0.25, 0.3) is 0 Å². The molecule has 0 saturated carbocycles. The second kappa shape index (κ2) is 4.95. The van der Waals surface area contributed by atoms with Crippen LogP contribution in [-0.2, 0) is 6.54 Å². The lowest BCUT2D eigenvalue weighted by Crippen LogP contribution is -2.16. The number of benzene rings is 1. The van der Waals surface area contributed by atoms with Gasteiger partial charge in [-0.2, -0.15) is 0 Å². The summed E-state index contributed by atoms with van der Waals surface area (Å²) in [4.78, 5) is 12.0. The maximum atomic E-state index is 12.0. The number of aryl methyl sites for hydroxylation is 3. The second-order valence-corrected chi connectivity index (χ2v) is 4.07. The summed E-state index contributed by atoms with van der Waals surface area (Å²) in [6.07, 6.45) is 0. The van der Waals surface area contributed by atoms with E-state index in [1.165, 1.54) is 4.68 Å². The molecular weight excluding hydrogens is 230 g/mol. The van der Waals surface area contributed by atoms with E-state index in [2.05, 4.69) is 20.8 Å². The molecule has 1 amide bonds. The van der Waals surface area contributed by atoms with Crippen molar-refractivity contribution in [3.05, 3.63) is 34.9 Å². The Bertz CT molecular complexity index is 576. The van der Waals surface area contributed by atoms with Crippen molar-refractivity contribution in [1.29, 1.82) is 0 Å². The van der Waals surface area contributed by atoms with E-state index in [-0.39, 0.29) is 5.91 Å². The average molecular weight is 245 g/mol. The summed E-state index contributed by atoms with van der Waals surface area (Å²) >= 11 is 0. The van der Waals surface area contributed by atoms with Gasteiger partial charge in [0.2, 0.25) is 5.95 Å². The van der Waals surface area contributed by atoms with Crippen LogP contribution in [-0.4, -0.2) is 26.1 Å². The molecule has 2 aromatic rings. The predicted molar refractivity (Wildman–Crippen MR) is 67.4 cm³/mol. The van der Waals surface area contributed by atoms with Crippen LogP contribution in [0.15, 0.2) is 18.2 Å². The monoisotopic (exact) mass is 245 g/mol. The molecule has 6 nitrogen and oxygen atoms in total. The standard InChI is InChI=1S/C12H15N5O/c1-4-17-12(14-15-16-17)13-11(18)10-6-5-8(2)9(3)7-10/h5-7H,4H2,1-3H3,(H,13,14,16,18). The first kappa shape index (κ1) is 12.2. The highest BCUT2D eigenvalue weighted by Crippen LogP contribution is 2.11. The number of aromatic nitrogens is 4. The minimum atomic E-state index is -0.206.